The Bertz CT molecular complexity index is 475. The monoisotopic (exact) mass is 268 g/mol. The highest BCUT2D eigenvalue weighted by Crippen LogP contribution is 2.17. The lowest BCUT2D eigenvalue weighted by Gasteiger charge is -2.08. The van der Waals surface area contributed by atoms with Crippen LogP contribution in [0.4, 0.5) is 10.1 Å². The van der Waals surface area contributed by atoms with E-state index >= 15 is 0 Å². The number of carboxylic acids is 1. The van der Waals surface area contributed by atoms with Crippen LogP contribution in [-0.4, -0.2) is 23.0 Å². The second-order valence-corrected chi connectivity index (χ2v) is 4.42. The Morgan fingerprint density at radius 2 is 2.16 bits per heavy atom. The molecule has 0 radical (unpaired) electrons. The maximum Gasteiger partial charge on any atom is 0.335 e. The average Bonchev–Trinajstić information content (AvgIpc) is 2.31. The van der Waals surface area contributed by atoms with Crippen LogP contribution < -0.4 is 11.1 Å². The molecule has 1 rings (SSSR count). The van der Waals surface area contributed by atoms with Gasteiger partial charge in [0.05, 0.1) is 11.3 Å². The largest absolute Gasteiger partial charge is 0.478 e. The quantitative estimate of drug-likeness (QED) is 0.735. The number of carboxylic acid groups (broad SMARTS) is 1. The van der Waals surface area contributed by atoms with Gasteiger partial charge in [-0.25, -0.2) is 9.18 Å². The van der Waals surface area contributed by atoms with Gasteiger partial charge < -0.3 is 16.2 Å². The molecule has 1 aromatic carbocycles. The van der Waals surface area contributed by atoms with Gasteiger partial charge in [-0.15, -0.1) is 0 Å². The van der Waals surface area contributed by atoms with E-state index in [0.717, 1.165) is 18.2 Å². The third kappa shape index (κ3) is 5.05. The van der Waals surface area contributed by atoms with Gasteiger partial charge in [-0.2, -0.15) is 0 Å². The minimum Gasteiger partial charge on any atom is -0.478 e. The Morgan fingerprint density at radius 1 is 1.47 bits per heavy atom. The zero-order valence-electron chi connectivity index (χ0n) is 10.6. The minimum atomic E-state index is -1.17. The van der Waals surface area contributed by atoms with Crippen molar-refractivity contribution in [3.63, 3.8) is 0 Å². The number of hydrogen-bond donors (Lipinski definition) is 3. The first-order valence-corrected chi connectivity index (χ1v) is 5.98. The fourth-order valence-electron chi connectivity index (χ4n) is 1.55. The standard InChI is InChI=1S/C13H17FN2O3/c1-8(15)3-2-4-12(17)16-11-7-9(13(18)19)5-6-10(11)14/h5-8H,2-4,15H2,1H3,(H,16,17)(H,18,19). The molecule has 0 spiro atoms. The predicted molar refractivity (Wildman–Crippen MR) is 69.5 cm³/mol. The van der Waals surface area contributed by atoms with Crippen LogP contribution in [0.1, 0.15) is 36.5 Å². The molecule has 0 saturated heterocycles. The second kappa shape index (κ2) is 6.84. The number of halogens is 1. The van der Waals surface area contributed by atoms with Crippen molar-refractivity contribution in [1.82, 2.24) is 0 Å². The van der Waals surface area contributed by atoms with E-state index in [1.54, 1.807) is 0 Å². The smallest absolute Gasteiger partial charge is 0.335 e. The Balaban J connectivity index is 2.63. The fraction of sp³-hybridized carbons (Fsp3) is 0.385. The molecule has 1 aromatic rings. The van der Waals surface area contributed by atoms with Crippen molar-refractivity contribution in [3.05, 3.63) is 29.6 Å². The van der Waals surface area contributed by atoms with Crippen molar-refractivity contribution in [2.24, 2.45) is 5.73 Å². The third-order valence-electron chi connectivity index (χ3n) is 2.55. The number of aromatic carboxylic acids is 1. The number of nitrogens with one attached hydrogen (secondary N) is 1. The second-order valence-electron chi connectivity index (χ2n) is 4.42. The van der Waals surface area contributed by atoms with E-state index in [1.165, 1.54) is 0 Å². The number of hydrogen-bond acceptors (Lipinski definition) is 3. The summed E-state index contributed by atoms with van der Waals surface area (Å²) in [4.78, 5) is 22.3. The van der Waals surface area contributed by atoms with Crippen LogP contribution in [0.3, 0.4) is 0 Å². The molecule has 0 aliphatic carbocycles. The topological polar surface area (TPSA) is 92.4 Å². The van der Waals surface area contributed by atoms with Crippen molar-refractivity contribution in [2.75, 3.05) is 5.32 Å². The van der Waals surface area contributed by atoms with Gasteiger partial charge in [-0.1, -0.05) is 0 Å². The molecular formula is C13H17FN2O3. The maximum absolute atomic E-state index is 13.4. The molecule has 0 fully saturated rings. The molecule has 1 unspecified atom stereocenters. The molecule has 0 aliphatic rings. The fourth-order valence-corrected chi connectivity index (χ4v) is 1.55. The normalized spacial score (nSPS) is 11.9. The van der Waals surface area contributed by atoms with E-state index in [9.17, 15) is 14.0 Å². The molecule has 0 aliphatic heterocycles. The number of benzene rings is 1. The SMILES string of the molecule is CC(N)CCCC(=O)Nc1cc(C(=O)O)ccc1F. The number of carbonyl (C=O) groups is 2. The van der Waals surface area contributed by atoms with E-state index in [0.29, 0.717) is 12.8 Å². The summed E-state index contributed by atoms with van der Waals surface area (Å²) in [5.41, 5.74) is 5.36. The summed E-state index contributed by atoms with van der Waals surface area (Å²) in [6.07, 6.45) is 1.52. The summed E-state index contributed by atoms with van der Waals surface area (Å²) in [5.74, 6) is -2.19. The zero-order chi connectivity index (χ0) is 14.4. The van der Waals surface area contributed by atoms with Crippen molar-refractivity contribution >= 4 is 17.6 Å². The Kier molecular flexibility index (Phi) is 5.44. The summed E-state index contributed by atoms with van der Waals surface area (Å²) in [6, 6.07) is 3.27. The molecule has 1 atom stereocenters. The average molecular weight is 268 g/mol. The lowest BCUT2D eigenvalue weighted by atomic mass is 10.1. The van der Waals surface area contributed by atoms with Gasteiger partial charge in [0.2, 0.25) is 5.91 Å². The van der Waals surface area contributed by atoms with E-state index < -0.39 is 11.8 Å². The van der Waals surface area contributed by atoms with E-state index in [-0.39, 0.29) is 29.6 Å². The Labute approximate surface area is 110 Å². The van der Waals surface area contributed by atoms with Gasteiger partial charge in [0.1, 0.15) is 5.82 Å². The van der Waals surface area contributed by atoms with Crippen molar-refractivity contribution in [2.45, 2.75) is 32.2 Å². The van der Waals surface area contributed by atoms with Crippen molar-refractivity contribution in [3.8, 4) is 0 Å². The van der Waals surface area contributed by atoms with Gasteiger partial charge in [0.15, 0.2) is 0 Å². The number of carbonyl (C=O) groups excluding carboxylic acids is 1. The number of anilines is 1. The van der Waals surface area contributed by atoms with Crippen LogP contribution in [0.25, 0.3) is 0 Å². The first-order valence-electron chi connectivity index (χ1n) is 5.98. The molecule has 1 amide bonds. The Morgan fingerprint density at radius 3 is 2.74 bits per heavy atom. The third-order valence-corrected chi connectivity index (χ3v) is 2.55. The molecule has 4 N–H and O–H groups in total. The Hall–Kier alpha value is -1.95. The molecule has 104 valence electrons. The maximum atomic E-state index is 13.4. The van der Waals surface area contributed by atoms with Crippen LogP contribution in [0.5, 0.6) is 0 Å². The summed E-state index contributed by atoms with van der Waals surface area (Å²) < 4.78 is 13.4. The van der Waals surface area contributed by atoms with Gasteiger partial charge in [0, 0.05) is 12.5 Å². The number of nitrogens with two attached hydrogens (primary N) is 1. The molecule has 0 bridgehead atoms. The van der Waals surface area contributed by atoms with Crippen LogP contribution >= 0.6 is 0 Å². The van der Waals surface area contributed by atoms with E-state index in [4.69, 9.17) is 10.8 Å². The van der Waals surface area contributed by atoms with Crippen LogP contribution in [0.2, 0.25) is 0 Å². The molecule has 5 nitrogen and oxygen atoms in total. The molecule has 19 heavy (non-hydrogen) atoms. The first-order chi connectivity index (χ1) is 8.90. The number of rotatable bonds is 6. The summed E-state index contributed by atoms with van der Waals surface area (Å²) in [6.45, 7) is 1.84. The molecule has 0 aromatic heterocycles. The van der Waals surface area contributed by atoms with Crippen LogP contribution in [0, 0.1) is 5.82 Å². The van der Waals surface area contributed by atoms with Crippen LogP contribution in [-0.2, 0) is 4.79 Å². The lowest BCUT2D eigenvalue weighted by molar-refractivity contribution is -0.116. The molecule has 0 saturated carbocycles. The zero-order valence-corrected chi connectivity index (χ0v) is 10.6. The highest BCUT2D eigenvalue weighted by molar-refractivity contribution is 5.94. The summed E-state index contributed by atoms with van der Waals surface area (Å²) in [5, 5.41) is 11.1. The first kappa shape index (κ1) is 15.1. The van der Waals surface area contributed by atoms with Crippen LogP contribution in [0.15, 0.2) is 18.2 Å². The molecular weight excluding hydrogens is 251 g/mol. The minimum absolute atomic E-state index is 0.0138. The highest BCUT2D eigenvalue weighted by atomic mass is 19.1. The molecule has 0 heterocycles. The van der Waals surface area contributed by atoms with Crippen molar-refractivity contribution < 1.29 is 19.1 Å². The summed E-state index contributed by atoms with van der Waals surface area (Å²) >= 11 is 0. The van der Waals surface area contributed by atoms with Gasteiger partial charge in [0.25, 0.3) is 0 Å². The molecule has 6 heteroatoms. The summed E-state index contributed by atoms with van der Waals surface area (Å²) in [7, 11) is 0. The number of amides is 1. The highest BCUT2D eigenvalue weighted by Gasteiger charge is 2.11. The van der Waals surface area contributed by atoms with Crippen molar-refractivity contribution in [1.29, 1.82) is 0 Å². The van der Waals surface area contributed by atoms with E-state index in [2.05, 4.69) is 5.32 Å². The lowest BCUT2D eigenvalue weighted by Crippen LogP contribution is -2.17. The van der Waals surface area contributed by atoms with Gasteiger partial charge >= 0.3 is 5.97 Å². The van der Waals surface area contributed by atoms with Gasteiger partial charge in [-0.3, -0.25) is 4.79 Å². The predicted octanol–water partition coefficient (Wildman–Crippen LogP) is 1.98. The van der Waals surface area contributed by atoms with E-state index in [1.807, 2.05) is 6.92 Å². The van der Waals surface area contributed by atoms with Gasteiger partial charge in [-0.05, 0) is 38.0 Å².